The Kier molecular flexibility index (Phi) is 3.24. The highest BCUT2D eigenvalue weighted by molar-refractivity contribution is 6.21. The summed E-state index contributed by atoms with van der Waals surface area (Å²) in [6.45, 7) is 4.14. The van der Waals surface area contributed by atoms with E-state index in [1.807, 2.05) is 43.3 Å². The summed E-state index contributed by atoms with van der Waals surface area (Å²) in [6.07, 6.45) is 0. The lowest BCUT2D eigenvalue weighted by Gasteiger charge is -2.16. The number of ether oxygens (including phenoxy) is 1. The molecule has 0 fully saturated rings. The zero-order chi connectivity index (χ0) is 16.8. The van der Waals surface area contributed by atoms with Crippen molar-refractivity contribution in [2.45, 2.75) is 13.8 Å². The zero-order valence-corrected chi connectivity index (χ0v) is 13.9. The van der Waals surface area contributed by atoms with Crippen molar-refractivity contribution in [2.24, 2.45) is 0 Å². The molecule has 0 radical (unpaired) electrons. The molecule has 0 unspecified atom stereocenters. The maximum absolute atomic E-state index is 12.6. The Morgan fingerprint density at radius 3 is 2.21 bits per heavy atom. The first-order valence-electron chi connectivity index (χ1n) is 7.92. The van der Waals surface area contributed by atoms with Gasteiger partial charge in [0.1, 0.15) is 0 Å². The minimum Gasteiger partial charge on any atom is -0.465 e. The summed E-state index contributed by atoms with van der Waals surface area (Å²) >= 11 is 0. The van der Waals surface area contributed by atoms with Gasteiger partial charge in [0.2, 0.25) is 0 Å². The highest BCUT2D eigenvalue weighted by atomic mass is 16.5. The highest BCUT2D eigenvalue weighted by Crippen LogP contribution is 2.36. The molecule has 0 spiro atoms. The first-order valence-corrected chi connectivity index (χ1v) is 7.92. The number of esters is 1. The standard InChI is InChI=1S/C21H17NO2/c1-12-13(2)18-19(21(23)24-3)16-10-6-7-11-17(16)22-20(18)15-9-5-4-8-14(12)15/h4-11H,1-3H3. The fourth-order valence-electron chi connectivity index (χ4n) is 3.49. The van der Waals surface area contributed by atoms with E-state index in [1.165, 1.54) is 18.1 Å². The Hall–Kier alpha value is -2.94. The number of aromatic nitrogens is 1. The zero-order valence-electron chi connectivity index (χ0n) is 13.9. The third kappa shape index (κ3) is 1.91. The molecule has 0 N–H and O–H groups in total. The molecule has 118 valence electrons. The third-order valence-electron chi connectivity index (χ3n) is 4.81. The van der Waals surface area contributed by atoms with Gasteiger partial charge in [0.05, 0.1) is 23.7 Å². The van der Waals surface area contributed by atoms with Gasteiger partial charge in [0.25, 0.3) is 0 Å². The summed E-state index contributed by atoms with van der Waals surface area (Å²) in [4.78, 5) is 17.5. The van der Waals surface area contributed by atoms with Gasteiger partial charge in [-0.25, -0.2) is 9.78 Å². The maximum atomic E-state index is 12.6. The molecule has 4 rings (SSSR count). The van der Waals surface area contributed by atoms with E-state index >= 15 is 0 Å². The van der Waals surface area contributed by atoms with Crippen LogP contribution >= 0.6 is 0 Å². The number of benzene rings is 3. The second-order valence-electron chi connectivity index (χ2n) is 6.01. The number of aryl methyl sites for hydroxylation is 2. The molecule has 0 bridgehead atoms. The van der Waals surface area contributed by atoms with Crippen molar-refractivity contribution in [3.63, 3.8) is 0 Å². The van der Waals surface area contributed by atoms with Crippen LogP contribution in [0.5, 0.6) is 0 Å². The summed E-state index contributed by atoms with van der Waals surface area (Å²) in [5, 5.41) is 3.94. The van der Waals surface area contributed by atoms with Crippen LogP contribution in [0.3, 0.4) is 0 Å². The largest absolute Gasteiger partial charge is 0.465 e. The van der Waals surface area contributed by atoms with E-state index in [4.69, 9.17) is 9.72 Å². The van der Waals surface area contributed by atoms with Crippen LogP contribution in [0.15, 0.2) is 48.5 Å². The summed E-state index contributed by atoms with van der Waals surface area (Å²) in [7, 11) is 1.42. The summed E-state index contributed by atoms with van der Waals surface area (Å²) in [5.41, 5.74) is 4.50. The minimum atomic E-state index is -0.323. The van der Waals surface area contributed by atoms with Gasteiger partial charge >= 0.3 is 5.97 Å². The number of para-hydroxylation sites is 1. The summed E-state index contributed by atoms with van der Waals surface area (Å²) < 4.78 is 5.09. The molecule has 24 heavy (non-hydrogen) atoms. The monoisotopic (exact) mass is 315 g/mol. The van der Waals surface area contributed by atoms with Crippen molar-refractivity contribution in [2.75, 3.05) is 7.11 Å². The van der Waals surface area contributed by atoms with Gasteiger partial charge in [0.15, 0.2) is 0 Å². The SMILES string of the molecule is COC(=O)c1c2ccccc2nc2c1c(C)c(C)c1ccccc12. The Balaban J connectivity index is 2.37. The molecule has 3 aromatic carbocycles. The molecule has 3 heteroatoms. The van der Waals surface area contributed by atoms with E-state index in [0.29, 0.717) is 5.56 Å². The van der Waals surface area contributed by atoms with E-state index in [1.54, 1.807) is 0 Å². The van der Waals surface area contributed by atoms with Crippen molar-refractivity contribution >= 4 is 38.5 Å². The lowest BCUT2D eigenvalue weighted by Crippen LogP contribution is -2.06. The normalized spacial score (nSPS) is 11.3. The van der Waals surface area contributed by atoms with Crippen molar-refractivity contribution in [1.29, 1.82) is 0 Å². The average Bonchev–Trinajstić information content (AvgIpc) is 2.63. The Morgan fingerprint density at radius 2 is 1.50 bits per heavy atom. The summed E-state index contributed by atoms with van der Waals surface area (Å²) in [6, 6.07) is 15.9. The van der Waals surface area contributed by atoms with Crippen LogP contribution in [0.4, 0.5) is 0 Å². The predicted octanol–water partition coefficient (Wildman–Crippen LogP) is 4.94. The van der Waals surface area contributed by atoms with E-state index < -0.39 is 0 Å². The fraction of sp³-hybridized carbons (Fsp3) is 0.143. The number of hydrogen-bond donors (Lipinski definition) is 0. The number of pyridine rings is 1. The molecule has 0 saturated carbocycles. The molecule has 0 saturated heterocycles. The molecular weight excluding hydrogens is 298 g/mol. The number of carbonyl (C=O) groups excluding carboxylic acids is 1. The quantitative estimate of drug-likeness (QED) is 0.283. The number of fused-ring (bicyclic) bond motifs is 4. The van der Waals surface area contributed by atoms with Gasteiger partial charge in [-0.1, -0.05) is 42.5 Å². The van der Waals surface area contributed by atoms with Gasteiger partial charge < -0.3 is 4.74 Å². The Morgan fingerprint density at radius 1 is 0.875 bits per heavy atom. The van der Waals surface area contributed by atoms with Gasteiger partial charge in [-0.15, -0.1) is 0 Å². The molecule has 1 heterocycles. The number of carbonyl (C=O) groups is 1. The Labute approximate surface area is 139 Å². The lowest BCUT2D eigenvalue weighted by atomic mass is 9.91. The van der Waals surface area contributed by atoms with Crippen LogP contribution in [0.25, 0.3) is 32.6 Å². The average molecular weight is 315 g/mol. The van der Waals surface area contributed by atoms with Gasteiger partial charge in [-0.05, 0) is 36.4 Å². The topological polar surface area (TPSA) is 39.2 Å². The van der Waals surface area contributed by atoms with Crippen LogP contribution < -0.4 is 0 Å². The molecule has 0 aliphatic carbocycles. The van der Waals surface area contributed by atoms with E-state index in [0.717, 1.165) is 32.8 Å². The molecule has 0 atom stereocenters. The van der Waals surface area contributed by atoms with Crippen molar-refractivity contribution in [3.8, 4) is 0 Å². The van der Waals surface area contributed by atoms with Crippen LogP contribution in [0.2, 0.25) is 0 Å². The van der Waals surface area contributed by atoms with Gasteiger partial charge in [-0.2, -0.15) is 0 Å². The molecular formula is C21H17NO2. The number of rotatable bonds is 1. The number of nitrogens with zero attached hydrogens (tertiary/aromatic N) is 1. The highest BCUT2D eigenvalue weighted by Gasteiger charge is 2.21. The third-order valence-corrected chi connectivity index (χ3v) is 4.81. The van der Waals surface area contributed by atoms with Crippen LogP contribution in [0, 0.1) is 13.8 Å². The molecule has 1 aromatic heterocycles. The lowest BCUT2D eigenvalue weighted by molar-refractivity contribution is 0.0605. The first-order chi connectivity index (χ1) is 11.6. The van der Waals surface area contributed by atoms with Crippen molar-refractivity contribution in [3.05, 3.63) is 65.2 Å². The molecule has 0 amide bonds. The van der Waals surface area contributed by atoms with Crippen LogP contribution in [0.1, 0.15) is 21.5 Å². The molecule has 0 aliphatic heterocycles. The first kappa shape index (κ1) is 14.6. The van der Waals surface area contributed by atoms with Crippen molar-refractivity contribution in [1.82, 2.24) is 4.98 Å². The molecule has 4 aromatic rings. The minimum absolute atomic E-state index is 0.323. The second-order valence-corrected chi connectivity index (χ2v) is 6.01. The second kappa shape index (κ2) is 5.31. The molecule has 3 nitrogen and oxygen atoms in total. The van der Waals surface area contributed by atoms with Gasteiger partial charge in [0, 0.05) is 16.2 Å². The van der Waals surface area contributed by atoms with E-state index in [-0.39, 0.29) is 5.97 Å². The molecule has 0 aliphatic rings. The van der Waals surface area contributed by atoms with Crippen LogP contribution in [-0.4, -0.2) is 18.1 Å². The van der Waals surface area contributed by atoms with Crippen molar-refractivity contribution < 1.29 is 9.53 Å². The fourth-order valence-corrected chi connectivity index (χ4v) is 3.49. The van der Waals surface area contributed by atoms with Gasteiger partial charge in [-0.3, -0.25) is 0 Å². The van der Waals surface area contributed by atoms with E-state index in [9.17, 15) is 4.79 Å². The van der Waals surface area contributed by atoms with E-state index in [2.05, 4.69) is 19.1 Å². The number of hydrogen-bond acceptors (Lipinski definition) is 3. The van der Waals surface area contributed by atoms with Crippen LogP contribution in [-0.2, 0) is 4.74 Å². The number of methoxy groups -OCH3 is 1. The smallest absolute Gasteiger partial charge is 0.339 e. The Bertz CT molecular complexity index is 1130. The summed E-state index contributed by atoms with van der Waals surface area (Å²) in [5.74, 6) is -0.323. The maximum Gasteiger partial charge on any atom is 0.339 e. The predicted molar refractivity (Wildman–Crippen MR) is 97.6 cm³/mol.